The molecule has 1 aliphatic rings. The van der Waals surface area contributed by atoms with E-state index in [0.717, 1.165) is 17.9 Å². The lowest BCUT2D eigenvalue weighted by Gasteiger charge is -2.40. The summed E-state index contributed by atoms with van der Waals surface area (Å²) < 4.78 is 10.7. The molecule has 6 nitrogen and oxygen atoms in total. The normalized spacial score (nSPS) is 16.3. The second kappa shape index (κ2) is 6.04. The molecule has 0 saturated carbocycles. The van der Waals surface area contributed by atoms with Crippen molar-refractivity contribution >= 4 is 17.3 Å². The summed E-state index contributed by atoms with van der Waals surface area (Å²) in [5, 5.41) is 3.29. The van der Waals surface area contributed by atoms with Crippen LogP contribution in [0.5, 0.6) is 11.5 Å². The largest absolute Gasteiger partial charge is 0.493 e. The van der Waals surface area contributed by atoms with E-state index >= 15 is 0 Å². The summed E-state index contributed by atoms with van der Waals surface area (Å²) in [7, 11) is 7.18. The molecule has 2 rings (SSSR count). The molecule has 1 heterocycles. The highest BCUT2D eigenvalue weighted by Gasteiger charge is 2.39. The Labute approximate surface area is 132 Å². The van der Waals surface area contributed by atoms with Crippen LogP contribution in [0.1, 0.15) is 13.8 Å². The number of nitrogens with one attached hydrogen (secondary N) is 1. The van der Waals surface area contributed by atoms with Gasteiger partial charge in [0.25, 0.3) is 5.91 Å². The third-order valence-electron chi connectivity index (χ3n) is 3.79. The van der Waals surface area contributed by atoms with Crippen LogP contribution >= 0.6 is 0 Å². The number of rotatable bonds is 5. The van der Waals surface area contributed by atoms with E-state index in [2.05, 4.69) is 10.2 Å². The van der Waals surface area contributed by atoms with E-state index in [9.17, 15) is 4.79 Å². The molecule has 1 amide bonds. The van der Waals surface area contributed by atoms with E-state index in [1.807, 2.05) is 45.0 Å². The first-order valence-corrected chi connectivity index (χ1v) is 7.31. The summed E-state index contributed by atoms with van der Waals surface area (Å²) >= 11 is 0. The summed E-state index contributed by atoms with van der Waals surface area (Å²) in [5.41, 5.74) is 1.05. The van der Waals surface area contributed by atoms with Gasteiger partial charge in [0.1, 0.15) is 5.54 Å². The Bertz CT molecular complexity index is 570. The monoisotopic (exact) mass is 307 g/mol. The molecule has 0 unspecified atom stereocenters. The Morgan fingerprint density at radius 1 is 1.18 bits per heavy atom. The molecule has 0 radical (unpaired) electrons. The number of amides is 1. The van der Waals surface area contributed by atoms with Gasteiger partial charge in [0.15, 0.2) is 11.5 Å². The topological polar surface area (TPSA) is 54.0 Å². The van der Waals surface area contributed by atoms with Crippen molar-refractivity contribution in [1.82, 2.24) is 4.90 Å². The van der Waals surface area contributed by atoms with Crippen molar-refractivity contribution in [2.24, 2.45) is 0 Å². The van der Waals surface area contributed by atoms with E-state index in [1.54, 1.807) is 14.2 Å². The van der Waals surface area contributed by atoms with Crippen LogP contribution in [0, 0.1) is 0 Å². The maximum Gasteiger partial charge on any atom is 0.252 e. The molecule has 0 spiro atoms. The van der Waals surface area contributed by atoms with Crippen molar-refractivity contribution < 1.29 is 14.3 Å². The van der Waals surface area contributed by atoms with Crippen LogP contribution in [0.4, 0.5) is 11.4 Å². The Balaban J connectivity index is 2.49. The number of nitrogens with zero attached hydrogens (tertiary/aromatic N) is 2. The lowest BCUT2D eigenvalue weighted by molar-refractivity contribution is -0.122. The highest BCUT2D eigenvalue weighted by Crippen LogP contribution is 2.42. The number of benzene rings is 1. The first-order valence-electron chi connectivity index (χ1n) is 7.31. The van der Waals surface area contributed by atoms with Gasteiger partial charge in [0, 0.05) is 25.2 Å². The number of likely N-dealkylation sites (N-methyl/N-ethyl adjacent to an activating group) is 1. The van der Waals surface area contributed by atoms with Crippen molar-refractivity contribution in [1.29, 1.82) is 0 Å². The highest BCUT2D eigenvalue weighted by atomic mass is 16.5. The fourth-order valence-electron chi connectivity index (χ4n) is 2.55. The number of ether oxygens (including phenoxy) is 2. The zero-order valence-electron chi connectivity index (χ0n) is 14.2. The third-order valence-corrected chi connectivity index (χ3v) is 3.79. The molecule has 0 aromatic heterocycles. The van der Waals surface area contributed by atoms with Crippen LogP contribution < -0.4 is 19.7 Å². The Morgan fingerprint density at radius 3 is 2.32 bits per heavy atom. The predicted octanol–water partition coefficient (Wildman–Crippen LogP) is 1.80. The third kappa shape index (κ3) is 2.97. The van der Waals surface area contributed by atoms with Crippen LogP contribution in [0.15, 0.2) is 12.1 Å². The summed E-state index contributed by atoms with van der Waals surface area (Å²) in [6, 6.07) is 3.73. The molecule has 0 saturated heterocycles. The number of carbonyl (C=O) groups excluding carboxylic acids is 1. The summed E-state index contributed by atoms with van der Waals surface area (Å²) in [4.78, 5) is 16.6. The van der Waals surface area contributed by atoms with E-state index < -0.39 is 5.54 Å². The minimum atomic E-state index is -0.654. The number of anilines is 2. The number of fused-ring (bicyclic) bond motifs is 1. The lowest BCUT2D eigenvalue weighted by atomic mass is 9.97. The van der Waals surface area contributed by atoms with Crippen molar-refractivity contribution in [3.8, 4) is 11.5 Å². The number of hydrogen-bond donors (Lipinski definition) is 1. The van der Waals surface area contributed by atoms with Gasteiger partial charge in [0.2, 0.25) is 0 Å². The van der Waals surface area contributed by atoms with Gasteiger partial charge >= 0.3 is 0 Å². The maximum atomic E-state index is 12.7. The van der Waals surface area contributed by atoms with Crippen LogP contribution in [0.3, 0.4) is 0 Å². The number of methoxy groups -OCH3 is 2. The highest BCUT2D eigenvalue weighted by molar-refractivity contribution is 6.07. The van der Waals surface area contributed by atoms with E-state index in [0.29, 0.717) is 18.0 Å². The van der Waals surface area contributed by atoms with E-state index in [-0.39, 0.29) is 5.91 Å². The molecule has 1 aromatic rings. The molecule has 6 heteroatoms. The quantitative estimate of drug-likeness (QED) is 0.899. The molecule has 1 aliphatic heterocycles. The second-order valence-electron chi connectivity index (χ2n) is 6.23. The van der Waals surface area contributed by atoms with Gasteiger partial charge in [-0.25, -0.2) is 0 Å². The van der Waals surface area contributed by atoms with Gasteiger partial charge in [-0.05, 0) is 27.9 Å². The fourth-order valence-corrected chi connectivity index (χ4v) is 2.55. The molecule has 1 N–H and O–H groups in total. The van der Waals surface area contributed by atoms with Crippen molar-refractivity contribution in [3.63, 3.8) is 0 Å². The van der Waals surface area contributed by atoms with Crippen LogP contribution in [0.2, 0.25) is 0 Å². The molecular formula is C16H25N3O3. The predicted molar refractivity (Wildman–Crippen MR) is 88.2 cm³/mol. The Kier molecular flexibility index (Phi) is 4.51. The molecule has 0 fully saturated rings. The average Bonchev–Trinajstić information content (AvgIpc) is 2.46. The standard InChI is InChI=1S/C16H25N3O3/c1-16(2)15(20)19(8-7-18(3)4)12-10-14(22-6)13(21-5)9-11(12)17-16/h9-10,17H,7-8H2,1-6H3. The lowest BCUT2D eigenvalue weighted by Crippen LogP contribution is -2.55. The maximum absolute atomic E-state index is 12.7. The summed E-state index contributed by atoms with van der Waals surface area (Å²) in [5.74, 6) is 1.31. The molecular weight excluding hydrogens is 282 g/mol. The Morgan fingerprint density at radius 2 is 1.77 bits per heavy atom. The minimum absolute atomic E-state index is 0.0501. The van der Waals surface area contributed by atoms with E-state index in [1.165, 1.54) is 0 Å². The zero-order valence-corrected chi connectivity index (χ0v) is 14.2. The smallest absolute Gasteiger partial charge is 0.252 e. The van der Waals surface area contributed by atoms with Gasteiger partial charge < -0.3 is 24.6 Å². The van der Waals surface area contributed by atoms with Crippen molar-refractivity contribution in [2.75, 3.05) is 51.6 Å². The molecule has 122 valence electrons. The molecule has 0 bridgehead atoms. The SMILES string of the molecule is COc1cc2c(cc1OC)N(CCN(C)C)C(=O)C(C)(C)N2. The van der Waals surface area contributed by atoms with Gasteiger partial charge in [-0.3, -0.25) is 4.79 Å². The summed E-state index contributed by atoms with van der Waals surface area (Å²) in [6.45, 7) is 5.18. The number of hydrogen-bond acceptors (Lipinski definition) is 5. The van der Waals surface area contributed by atoms with Crippen molar-refractivity contribution in [3.05, 3.63) is 12.1 Å². The second-order valence-corrected chi connectivity index (χ2v) is 6.23. The molecule has 22 heavy (non-hydrogen) atoms. The fraction of sp³-hybridized carbons (Fsp3) is 0.562. The first kappa shape index (κ1) is 16.4. The van der Waals surface area contributed by atoms with Crippen molar-refractivity contribution in [2.45, 2.75) is 19.4 Å². The summed E-state index contributed by atoms with van der Waals surface area (Å²) in [6.07, 6.45) is 0. The van der Waals surface area contributed by atoms with Gasteiger partial charge in [-0.2, -0.15) is 0 Å². The van der Waals surface area contributed by atoms with Crippen LogP contribution in [-0.2, 0) is 4.79 Å². The van der Waals surface area contributed by atoms with Gasteiger partial charge in [0.05, 0.1) is 25.6 Å². The molecule has 0 atom stereocenters. The Hall–Kier alpha value is -1.95. The van der Waals surface area contributed by atoms with Gasteiger partial charge in [-0.15, -0.1) is 0 Å². The number of carbonyl (C=O) groups is 1. The van der Waals surface area contributed by atoms with Crippen LogP contribution in [-0.4, -0.2) is 57.8 Å². The molecule has 0 aliphatic carbocycles. The van der Waals surface area contributed by atoms with Crippen LogP contribution in [0.25, 0.3) is 0 Å². The minimum Gasteiger partial charge on any atom is -0.493 e. The van der Waals surface area contributed by atoms with E-state index in [4.69, 9.17) is 9.47 Å². The zero-order chi connectivity index (χ0) is 16.5. The van der Waals surface area contributed by atoms with Gasteiger partial charge in [-0.1, -0.05) is 0 Å². The molecule has 1 aromatic carbocycles. The average molecular weight is 307 g/mol. The first-order chi connectivity index (χ1) is 10.3.